The van der Waals surface area contributed by atoms with Crippen molar-refractivity contribution in [3.8, 4) is 0 Å². The van der Waals surface area contributed by atoms with Gasteiger partial charge in [-0.3, -0.25) is 4.79 Å². The Labute approximate surface area is 75.3 Å². The zero-order valence-corrected chi connectivity index (χ0v) is 8.59. The number of rotatable bonds is 5. The topological polar surface area (TPSA) is 26.3 Å². The molecule has 0 aliphatic heterocycles. The van der Waals surface area contributed by atoms with Gasteiger partial charge in [-0.25, -0.2) is 0 Å². The van der Waals surface area contributed by atoms with Crippen molar-refractivity contribution >= 4 is 5.97 Å². The molecule has 0 saturated heterocycles. The lowest BCUT2D eigenvalue weighted by atomic mass is 9.97. The van der Waals surface area contributed by atoms with Crippen molar-refractivity contribution in [1.82, 2.24) is 0 Å². The maximum absolute atomic E-state index is 10.7. The largest absolute Gasteiger partial charge is 0.462 e. The summed E-state index contributed by atoms with van der Waals surface area (Å²) in [6.07, 6.45) is 3.31. The van der Waals surface area contributed by atoms with E-state index < -0.39 is 0 Å². The number of carbonyl (C=O) groups is 1. The van der Waals surface area contributed by atoms with E-state index in [1.165, 1.54) is 6.92 Å². The van der Waals surface area contributed by atoms with Crippen LogP contribution in [0.25, 0.3) is 0 Å². The van der Waals surface area contributed by atoms with Gasteiger partial charge in [0.25, 0.3) is 0 Å². The minimum atomic E-state index is -0.162. The van der Waals surface area contributed by atoms with Gasteiger partial charge < -0.3 is 4.74 Å². The van der Waals surface area contributed by atoms with Crippen molar-refractivity contribution < 1.29 is 9.53 Å². The van der Waals surface area contributed by atoms with E-state index in [2.05, 4.69) is 20.8 Å². The Morgan fingerprint density at radius 3 is 2.33 bits per heavy atom. The van der Waals surface area contributed by atoms with E-state index >= 15 is 0 Å². The highest BCUT2D eigenvalue weighted by atomic mass is 16.5. The van der Waals surface area contributed by atoms with Crippen molar-refractivity contribution in [3.63, 3.8) is 0 Å². The summed E-state index contributed by atoms with van der Waals surface area (Å²) in [4.78, 5) is 10.7. The van der Waals surface area contributed by atoms with E-state index in [0.29, 0.717) is 5.92 Å². The Balaban J connectivity index is 3.86. The molecule has 0 heterocycles. The Morgan fingerprint density at radius 1 is 1.42 bits per heavy atom. The summed E-state index contributed by atoms with van der Waals surface area (Å²) in [5.41, 5.74) is 0. The summed E-state index contributed by atoms with van der Waals surface area (Å²) in [6.45, 7) is 7.82. The highest BCUT2D eigenvalue weighted by molar-refractivity contribution is 5.66. The fourth-order valence-corrected chi connectivity index (χ4v) is 1.46. The van der Waals surface area contributed by atoms with Crippen LogP contribution in [0.4, 0.5) is 0 Å². The number of hydrogen-bond donors (Lipinski definition) is 0. The van der Waals surface area contributed by atoms with Crippen molar-refractivity contribution in [2.24, 2.45) is 5.92 Å². The van der Waals surface area contributed by atoms with Gasteiger partial charge in [0, 0.05) is 6.92 Å². The van der Waals surface area contributed by atoms with Gasteiger partial charge in [-0.05, 0) is 18.8 Å². The average Bonchev–Trinajstić information content (AvgIpc) is 2.00. The van der Waals surface area contributed by atoms with Crippen LogP contribution >= 0.6 is 0 Å². The minimum Gasteiger partial charge on any atom is -0.462 e. The van der Waals surface area contributed by atoms with E-state index in [9.17, 15) is 4.79 Å². The molecule has 0 fully saturated rings. The molecule has 0 N–H and O–H groups in total. The SMILES string of the molecule is CCCC(C)C(CC)OC(C)=O. The van der Waals surface area contributed by atoms with Gasteiger partial charge in [-0.2, -0.15) is 0 Å². The lowest BCUT2D eigenvalue weighted by Gasteiger charge is -2.21. The predicted octanol–water partition coefficient (Wildman–Crippen LogP) is 2.76. The van der Waals surface area contributed by atoms with E-state index in [1.54, 1.807) is 0 Å². The third kappa shape index (κ3) is 4.37. The molecule has 0 aromatic heterocycles. The molecule has 2 nitrogen and oxygen atoms in total. The smallest absolute Gasteiger partial charge is 0.302 e. The lowest BCUT2D eigenvalue weighted by Crippen LogP contribution is -2.23. The van der Waals surface area contributed by atoms with Gasteiger partial charge in [0.05, 0.1) is 0 Å². The molecule has 0 aromatic rings. The summed E-state index contributed by atoms with van der Waals surface area (Å²) < 4.78 is 5.17. The molecule has 0 rings (SSSR count). The molecule has 2 atom stereocenters. The molecule has 2 unspecified atom stereocenters. The first-order valence-electron chi connectivity index (χ1n) is 4.79. The monoisotopic (exact) mass is 172 g/mol. The minimum absolute atomic E-state index is 0.113. The van der Waals surface area contributed by atoms with Crippen molar-refractivity contribution in [2.45, 2.75) is 53.1 Å². The summed E-state index contributed by atoms with van der Waals surface area (Å²) >= 11 is 0. The molecule has 0 aliphatic rings. The summed E-state index contributed by atoms with van der Waals surface area (Å²) in [6, 6.07) is 0. The molecule has 0 saturated carbocycles. The fraction of sp³-hybridized carbons (Fsp3) is 0.900. The van der Waals surface area contributed by atoms with Crippen LogP contribution in [0.5, 0.6) is 0 Å². The number of hydrogen-bond acceptors (Lipinski definition) is 2. The Kier molecular flexibility index (Phi) is 5.77. The molecule has 12 heavy (non-hydrogen) atoms. The molecule has 0 spiro atoms. The third-order valence-electron chi connectivity index (χ3n) is 2.10. The molecule has 0 bridgehead atoms. The molecular formula is C10H20O2. The predicted molar refractivity (Wildman–Crippen MR) is 49.9 cm³/mol. The third-order valence-corrected chi connectivity index (χ3v) is 2.10. The van der Waals surface area contributed by atoms with Gasteiger partial charge in [-0.1, -0.05) is 27.2 Å². The van der Waals surface area contributed by atoms with Crippen LogP contribution in [-0.4, -0.2) is 12.1 Å². The molecule has 0 amide bonds. The second-order valence-corrected chi connectivity index (χ2v) is 3.32. The number of ether oxygens (including phenoxy) is 1. The van der Waals surface area contributed by atoms with Gasteiger partial charge in [-0.15, -0.1) is 0 Å². The van der Waals surface area contributed by atoms with E-state index in [0.717, 1.165) is 19.3 Å². The standard InChI is InChI=1S/C10H20O2/c1-5-7-8(3)10(6-2)12-9(4)11/h8,10H,5-7H2,1-4H3. The van der Waals surface area contributed by atoms with Crippen LogP contribution in [0.1, 0.15) is 47.0 Å². The van der Waals surface area contributed by atoms with Crippen molar-refractivity contribution in [2.75, 3.05) is 0 Å². The average molecular weight is 172 g/mol. The molecular weight excluding hydrogens is 152 g/mol. The van der Waals surface area contributed by atoms with Gasteiger partial charge >= 0.3 is 5.97 Å². The first kappa shape index (κ1) is 11.5. The molecule has 0 aliphatic carbocycles. The lowest BCUT2D eigenvalue weighted by molar-refractivity contribution is -0.149. The Bertz CT molecular complexity index is 132. The van der Waals surface area contributed by atoms with Crippen LogP contribution in [-0.2, 0) is 9.53 Å². The summed E-state index contributed by atoms with van der Waals surface area (Å²) in [5.74, 6) is 0.328. The molecule has 72 valence electrons. The fourth-order valence-electron chi connectivity index (χ4n) is 1.46. The number of carbonyl (C=O) groups excluding carboxylic acids is 1. The van der Waals surface area contributed by atoms with E-state index in [-0.39, 0.29) is 12.1 Å². The second kappa shape index (κ2) is 6.04. The normalized spacial score (nSPS) is 15.3. The first-order chi connectivity index (χ1) is 5.61. The summed E-state index contributed by atoms with van der Waals surface area (Å²) in [5, 5.41) is 0. The highest BCUT2D eigenvalue weighted by Gasteiger charge is 2.16. The quantitative estimate of drug-likeness (QED) is 0.596. The molecule has 0 radical (unpaired) electrons. The Morgan fingerprint density at radius 2 is 2.00 bits per heavy atom. The molecule has 2 heteroatoms. The highest BCUT2D eigenvalue weighted by Crippen LogP contribution is 2.16. The zero-order chi connectivity index (χ0) is 9.56. The second-order valence-electron chi connectivity index (χ2n) is 3.32. The first-order valence-corrected chi connectivity index (χ1v) is 4.79. The maximum atomic E-state index is 10.7. The van der Waals surface area contributed by atoms with E-state index in [4.69, 9.17) is 4.74 Å². The van der Waals surface area contributed by atoms with Crippen LogP contribution in [0.15, 0.2) is 0 Å². The van der Waals surface area contributed by atoms with Crippen molar-refractivity contribution in [1.29, 1.82) is 0 Å². The van der Waals surface area contributed by atoms with Crippen LogP contribution < -0.4 is 0 Å². The van der Waals surface area contributed by atoms with E-state index in [1.807, 2.05) is 0 Å². The summed E-state index contributed by atoms with van der Waals surface area (Å²) in [7, 11) is 0. The van der Waals surface area contributed by atoms with Crippen molar-refractivity contribution in [3.05, 3.63) is 0 Å². The van der Waals surface area contributed by atoms with Crippen LogP contribution in [0.2, 0.25) is 0 Å². The number of esters is 1. The van der Waals surface area contributed by atoms with Gasteiger partial charge in [0.15, 0.2) is 0 Å². The van der Waals surface area contributed by atoms with Gasteiger partial charge in [0.1, 0.15) is 6.10 Å². The zero-order valence-electron chi connectivity index (χ0n) is 8.59. The Hall–Kier alpha value is -0.530. The van der Waals surface area contributed by atoms with Gasteiger partial charge in [0.2, 0.25) is 0 Å². The van der Waals surface area contributed by atoms with Crippen LogP contribution in [0.3, 0.4) is 0 Å². The molecule has 0 aromatic carbocycles. The van der Waals surface area contributed by atoms with Crippen LogP contribution in [0, 0.1) is 5.92 Å². The maximum Gasteiger partial charge on any atom is 0.302 e.